The van der Waals surface area contributed by atoms with Crippen molar-refractivity contribution in [3.8, 4) is 5.88 Å². The Morgan fingerprint density at radius 1 is 1.29 bits per heavy atom. The Labute approximate surface area is 181 Å². The molecule has 0 bridgehead atoms. The van der Waals surface area contributed by atoms with Crippen molar-refractivity contribution >= 4 is 17.8 Å². The van der Waals surface area contributed by atoms with Crippen LogP contribution in [0.3, 0.4) is 0 Å². The summed E-state index contributed by atoms with van der Waals surface area (Å²) in [6.45, 7) is 2.29. The molecule has 0 aliphatic heterocycles. The second kappa shape index (κ2) is 10.8. The fourth-order valence-corrected chi connectivity index (χ4v) is 3.63. The van der Waals surface area contributed by atoms with Gasteiger partial charge in [0.1, 0.15) is 6.10 Å². The van der Waals surface area contributed by atoms with E-state index in [0.717, 1.165) is 24.1 Å². The molecule has 0 radical (unpaired) electrons. The predicted octanol–water partition coefficient (Wildman–Crippen LogP) is 2.39. The van der Waals surface area contributed by atoms with Crippen LogP contribution in [-0.2, 0) is 20.7 Å². The molecule has 10 nitrogen and oxygen atoms in total. The molecule has 31 heavy (non-hydrogen) atoms. The van der Waals surface area contributed by atoms with Crippen molar-refractivity contribution < 1.29 is 23.8 Å². The van der Waals surface area contributed by atoms with Crippen molar-refractivity contribution in [1.29, 1.82) is 0 Å². The largest absolute Gasteiger partial charge is 0.481 e. The van der Waals surface area contributed by atoms with E-state index in [1.807, 2.05) is 13.0 Å². The van der Waals surface area contributed by atoms with Gasteiger partial charge in [0, 0.05) is 37.1 Å². The molecule has 0 aromatic carbocycles. The second-order valence-electron chi connectivity index (χ2n) is 7.68. The van der Waals surface area contributed by atoms with Gasteiger partial charge in [-0.2, -0.15) is 5.10 Å². The van der Waals surface area contributed by atoms with Crippen molar-refractivity contribution in [2.75, 3.05) is 26.1 Å². The zero-order chi connectivity index (χ0) is 22.2. The summed E-state index contributed by atoms with van der Waals surface area (Å²) in [4.78, 5) is 28.3. The van der Waals surface area contributed by atoms with E-state index >= 15 is 0 Å². The molecule has 0 spiro atoms. The van der Waals surface area contributed by atoms with Gasteiger partial charge in [-0.3, -0.25) is 9.89 Å². The summed E-state index contributed by atoms with van der Waals surface area (Å²) in [6.07, 6.45) is 3.58. The smallest absolute Gasteiger partial charge is 0.407 e. The number of aromatic nitrogens is 3. The minimum atomic E-state index is -0.430. The van der Waals surface area contributed by atoms with Gasteiger partial charge in [-0.05, 0) is 31.7 Å². The fourth-order valence-electron chi connectivity index (χ4n) is 3.63. The number of anilines is 1. The number of H-pyrrole nitrogens is 1. The second-order valence-corrected chi connectivity index (χ2v) is 7.68. The topological polar surface area (TPSA) is 127 Å². The highest BCUT2D eigenvalue weighted by Crippen LogP contribution is 2.35. The Hall–Kier alpha value is -3.14. The molecule has 2 heterocycles. The van der Waals surface area contributed by atoms with Crippen LogP contribution < -0.4 is 15.4 Å². The Balaban J connectivity index is 1.46. The lowest BCUT2D eigenvalue weighted by atomic mass is 10.0. The third kappa shape index (κ3) is 6.68. The number of hydrogen-bond acceptors (Lipinski definition) is 7. The summed E-state index contributed by atoms with van der Waals surface area (Å²) in [5.74, 6) is 0.983. The summed E-state index contributed by atoms with van der Waals surface area (Å²) < 4.78 is 15.5. The first-order chi connectivity index (χ1) is 15.0. The van der Waals surface area contributed by atoms with E-state index in [9.17, 15) is 9.59 Å². The van der Waals surface area contributed by atoms with Gasteiger partial charge in [-0.15, -0.1) is 0 Å². The van der Waals surface area contributed by atoms with E-state index in [-0.39, 0.29) is 30.4 Å². The molecule has 10 heteroatoms. The summed E-state index contributed by atoms with van der Waals surface area (Å²) in [5.41, 5.74) is 1.70. The Kier molecular flexibility index (Phi) is 7.82. The van der Waals surface area contributed by atoms with Crippen molar-refractivity contribution in [1.82, 2.24) is 20.5 Å². The molecule has 2 aromatic heterocycles. The monoisotopic (exact) mass is 431 g/mol. The van der Waals surface area contributed by atoms with Crippen LogP contribution >= 0.6 is 0 Å². The molecule has 168 valence electrons. The van der Waals surface area contributed by atoms with Gasteiger partial charge in [0.15, 0.2) is 5.82 Å². The van der Waals surface area contributed by atoms with Gasteiger partial charge in [0.05, 0.1) is 26.2 Å². The number of methoxy groups -OCH3 is 2. The maximum Gasteiger partial charge on any atom is 0.407 e. The molecule has 3 N–H and O–H groups in total. The molecule has 1 aliphatic carbocycles. The summed E-state index contributed by atoms with van der Waals surface area (Å²) >= 11 is 0. The fraction of sp³-hybridized carbons (Fsp3) is 0.524. The van der Waals surface area contributed by atoms with Crippen LogP contribution in [0.4, 0.5) is 10.6 Å². The molecule has 0 saturated heterocycles. The number of hydrogen-bond donors (Lipinski definition) is 3. The number of alkyl carbamates (subject to hydrolysis) is 1. The van der Waals surface area contributed by atoms with Gasteiger partial charge in [-0.1, -0.05) is 6.07 Å². The van der Waals surface area contributed by atoms with E-state index < -0.39 is 6.09 Å². The first kappa shape index (κ1) is 22.5. The zero-order valence-corrected chi connectivity index (χ0v) is 18.0. The van der Waals surface area contributed by atoms with Crippen LogP contribution in [0.15, 0.2) is 24.4 Å². The van der Waals surface area contributed by atoms with Crippen LogP contribution in [0.5, 0.6) is 5.88 Å². The first-order valence-corrected chi connectivity index (χ1v) is 10.3. The number of ether oxygens (including phenoxy) is 3. The number of rotatable bonds is 9. The minimum absolute atomic E-state index is 0.109. The molecule has 1 fully saturated rings. The van der Waals surface area contributed by atoms with Crippen molar-refractivity contribution in [2.45, 2.75) is 50.7 Å². The maximum absolute atomic E-state index is 12.3. The molecule has 1 saturated carbocycles. The summed E-state index contributed by atoms with van der Waals surface area (Å²) in [5, 5.41) is 12.7. The standard InChI is InChI=1S/C21H29N5O5/c1-13(12-29-2)23-21(28)31-16-6-5-15(9-16)17-10-18(26-25-17)24-19(27)8-14-4-7-20(30-3)22-11-14/h4,7,10-11,13,15-16H,5-6,8-9,12H2,1-3H3,(H,23,28)(H2,24,25,26,27)/t13-,15-,16+/m0/s1. The molecular formula is C21H29N5O5. The predicted molar refractivity (Wildman–Crippen MR) is 113 cm³/mol. The average molecular weight is 431 g/mol. The maximum atomic E-state index is 12.3. The van der Waals surface area contributed by atoms with E-state index in [0.29, 0.717) is 24.7 Å². The van der Waals surface area contributed by atoms with Crippen LogP contribution in [0.25, 0.3) is 0 Å². The van der Waals surface area contributed by atoms with Gasteiger partial charge >= 0.3 is 6.09 Å². The highest BCUT2D eigenvalue weighted by molar-refractivity contribution is 5.91. The lowest BCUT2D eigenvalue weighted by molar-refractivity contribution is -0.115. The Morgan fingerprint density at radius 2 is 2.13 bits per heavy atom. The van der Waals surface area contributed by atoms with Crippen molar-refractivity contribution in [3.63, 3.8) is 0 Å². The number of carbonyl (C=O) groups is 2. The van der Waals surface area contributed by atoms with Crippen LogP contribution in [0, 0.1) is 0 Å². The highest BCUT2D eigenvalue weighted by atomic mass is 16.6. The normalized spacial score (nSPS) is 18.9. The average Bonchev–Trinajstić information content (AvgIpc) is 3.38. The number of pyridine rings is 1. The lowest BCUT2D eigenvalue weighted by Gasteiger charge is -2.16. The number of aromatic amines is 1. The molecule has 0 unspecified atom stereocenters. The van der Waals surface area contributed by atoms with Gasteiger partial charge < -0.3 is 24.8 Å². The minimum Gasteiger partial charge on any atom is -0.481 e. The number of nitrogens with one attached hydrogen (secondary N) is 3. The molecule has 3 rings (SSSR count). The summed E-state index contributed by atoms with van der Waals surface area (Å²) in [7, 11) is 3.13. The molecule has 1 aliphatic rings. The molecular weight excluding hydrogens is 402 g/mol. The van der Waals surface area contributed by atoms with Crippen LogP contribution in [0.1, 0.15) is 43.4 Å². The number of nitrogens with zero attached hydrogens (tertiary/aromatic N) is 2. The number of amides is 2. The molecule has 2 amide bonds. The Bertz CT molecular complexity index is 869. The van der Waals surface area contributed by atoms with Gasteiger partial charge in [-0.25, -0.2) is 9.78 Å². The zero-order valence-electron chi connectivity index (χ0n) is 18.0. The lowest BCUT2D eigenvalue weighted by Crippen LogP contribution is -2.37. The van der Waals surface area contributed by atoms with E-state index in [1.165, 1.54) is 0 Å². The van der Waals surface area contributed by atoms with Gasteiger partial charge in [0.2, 0.25) is 11.8 Å². The van der Waals surface area contributed by atoms with Gasteiger partial charge in [0.25, 0.3) is 0 Å². The van der Waals surface area contributed by atoms with E-state index in [1.54, 1.807) is 32.5 Å². The third-order valence-electron chi connectivity index (χ3n) is 5.12. The highest BCUT2D eigenvalue weighted by Gasteiger charge is 2.30. The molecule has 2 aromatic rings. The Morgan fingerprint density at radius 3 is 2.84 bits per heavy atom. The summed E-state index contributed by atoms with van der Waals surface area (Å²) in [6, 6.07) is 5.23. The first-order valence-electron chi connectivity index (χ1n) is 10.3. The quantitative estimate of drug-likeness (QED) is 0.556. The van der Waals surface area contributed by atoms with Crippen LogP contribution in [-0.4, -0.2) is 60.2 Å². The SMILES string of the molecule is COC[C@H](C)NC(=O)O[C@@H]1CC[C@H](c2cc(NC(=O)Cc3ccc(OC)nc3)n[nH]2)C1. The van der Waals surface area contributed by atoms with Crippen molar-refractivity contribution in [2.24, 2.45) is 0 Å². The van der Waals surface area contributed by atoms with E-state index in [2.05, 4.69) is 25.8 Å². The number of carbonyl (C=O) groups excluding carboxylic acids is 2. The third-order valence-corrected chi connectivity index (χ3v) is 5.12. The molecule has 3 atom stereocenters. The van der Waals surface area contributed by atoms with E-state index in [4.69, 9.17) is 14.2 Å². The van der Waals surface area contributed by atoms with Crippen LogP contribution in [0.2, 0.25) is 0 Å². The van der Waals surface area contributed by atoms with Crippen molar-refractivity contribution in [3.05, 3.63) is 35.7 Å².